The Balaban J connectivity index is 1.89. The minimum Gasteiger partial charge on any atom is -0.497 e. The predicted molar refractivity (Wildman–Crippen MR) is 113 cm³/mol. The molecule has 0 saturated heterocycles. The van der Waals surface area contributed by atoms with E-state index in [9.17, 15) is 13.2 Å². The molecule has 2 heterocycles. The third kappa shape index (κ3) is 3.19. The summed E-state index contributed by atoms with van der Waals surface area (Å²) in [6, 6.07) is 14.6. The highest BCUT2D eigenvalue weighted by Crippen LogP contribution is 2.50. The van der Waals surface area contributed by atoms with Gasteiger partial charge in [-0.2, -0.15) is 0 Å². The molecule has 2 aromatic carbocycles. The van der Waals surface area contributed by atoms with E-state index in [0.29, 0.717) is 17.0 Å². The second kappa shape index (κ2) is 7.65. The maximum Gasteiger partial charge on any atom is 0.311 e. The van der Waals surface area contributed by atoms with Crippen LogP contribution < -0.4 is 4.74 Å². The van der Waals surface area contributed by atoms with E-state index in [1.165, 1.54) is 4.31 Å². The number of benzene rings is 2. The lowest BCUT2D eigenvalue weighted by atomic mass is 9.85. The number of ether oxygens (including phenoxy) is 2. The minimum absolute atomic E-state index is 0.121. The van der Waals surface area contributed by atoms with Crippen LogP contribution in [0.2, 0.25) is 0 Å². The fourth-order valence-corrected chi connectivity index (χ4v) is 5.87. The first-order valence-corrected chi connectivity index (χ1v) is 11.2. The van der Waals surface area contributed by atoms with E-state index < -0.39 is 16.0 Å². The molecule has 0 spiro atoms. The molecule has 0 fully saturated rings. The van der Waals surface area contributed by atoms with Crippen molar-refractivity contribution in [3.8, 4) is 5.75 Å². The van der Waals surface area contributed by atoms with Crippen molar-refractivity contribution in [3.05, 3.63) is 77.0 Å². The van der Waals surface area contributed by atoms with Gasteiger partial charge in [0, 0.05) is 17.2 Å². The lowest BCUT2D eigenvalue weighted by Gasteiger charge is -2.32. The molecule has 2 aromatic rings. The number of sulfonamides is 1. The molecule has 7 heteroatoms. The zero-order chi connectivity index (χ0) is 21.5. The zero-order valence-electron chi connectivity index (χ0n) is 17.1. The van der Waals surface area contributed by atoms with E-state index in [-0.39, 0.29) is 23.8 Å². The van der Waals surface area contributed by atoms with Gasteiger partial charge in [0.05, 0.1) is 30.7 Å². The van der Waals surface area contributed by atoms with Gasteiger partial charge in [-0.1, -0.05) is 36.4 Å². The molecule has 6 nitrogen and oxygen atoms in total. The van der Waals surface area contributed by atoms with Crippen molar-refractivity contribution in [1.29, 1.82) is 0 Å². The van der Waals surface area contributed by atoms with Crippen molar-refractivity contribution >= 4 is 21.7 Å². The number of carbonyl (C=O) groups excluding carboxylic acids is 1. The van der Waals surface area contributed by atoms with Crippen LogP contribution in [0, 0.1) is 0 Å². The Hall–Kier alpha value is -3.06. The van der Waals surface area contributed by atoms with Crippen molar-refractivity contribution in [2.24, 2.45) is 0 Å². The molecule has 1 atom stereocenters. The first kappa shape index (κ1) is 20.2. The normalized spacial score (nSPS) is 19.1. The predicted octanol–water partition coefficient (Wildman–Crippen LogP) is 4.07. The summed E-state index contributed by atoms with van der Waals surface area (Å²) >= 11 is 0. The largest absolute Gasteiger partial charge is 0.497 e. The molecule has 2 aliphatic rings. The average Bonchev–Trinajstić information content (AvgIpc) is 2.99. The first-order valence-electron chi connectivity index (χ1n) is 9.74. The van der Waals surface area contributed by atoms with Crippen molar-refractivity contribution in [2.75, 3.05) is 13.7 Å². The van der Waals surface area contributed by atoms with Gasteiger partial charge in [0.15, 0.2) is 0 Å². The molecule has 4 rings (SSSR count). The van der Waals surface area contributed by atoms with Gasteiger partial charge in [-0.05, 0) is 43.2 Å². The topological polar surface area (TPSA) is 72.9 Å². The minimum atomic E-state index is -3.79. The quantitative estimate of drug-likeness (QED) is 0.676. The summed E-state index contributed by atoms with van der Waals surface area (Å²) in [5, 5.41) is 0. The third-order valence-electron chi connectivity index (χ3n) is 5.43. The number of hydrogen-bond donors (Lipinski definition) is 0. The SMILES string of the molecule is CCOC(=O)CC1=C[C@@H](c2ccc(OC)cc2)C(C)=C2c3ccccc3S(=O)(=O)N12. The molecule has 30 heavy (non-hydrogen) atoms. The van der Waals surface area contributed by atoms with Gasteiger partial charge in [-0.25, -0.2) is 12.7 Å². The van der Waals surface area contributed by atoms with Gasteiger partial charge in [0.25, 0.3) is 10.0 Å². The first-order chi connectivity index (χ1) is 14.4. The van der Waals surface area contributed by atoms with Crippen LogP contribution in [0.5, 0.6) is 5.75 Å². The zero-order valence-corrected chi connectivity index (χ0v) is 17.9. The number of nitrogens with zero attached hydrogens (tertiary/aromatic N) is 1. The second-order valence-electron chi connectivity index (χ2n) is 7.19. The summed E-state index contributed by atoms with van der Waals surface area (Å²) in [6.45, 7) is 3.90. The van der Waals surface area contributed by atoms with Crippen LogP contribution in [0.15, 0.2) is 70.8 Å². The molecule has 0 radical (unpaired) electrons. The van der Waals surface area contributed by atoms with Gasteiger partial charge in [-0.15, -0.1) is 0 Å². The highest BCUT2D eigenvalue weighted by atomic mass is 32.2. The fourth-order valence-electron chi connectivity index (χ4n) is 4.07. The average molecular weight is 426 g/mol. The van der Waals surface area contributed by atoms with E-state index in [2.05, 4.69) is 0 Å². The molecule has 0 aromatic heterocycles. The molecule has 2 aliphatic heterocycles. The molecular formula is C23H23NO5S. The number of carbonyl (C=O) groups is 1. The van der Waals surface area contributed by atoms with Crippen LogP contribution in [0.3, 0.4) is 0 Å². The van der Waals surface area contributed by atoms with Crippen molar-refractivity contribution in [1.82, 2.24) is 4.31 Å². The molecule has 0 aliphatic carbocycles. The maximum atomic E-state index is 13.3. The Kier molecular flexibility index (Phi) is 5.15. The van der Waals surface area contributed by atoms with Gasteiger partial charge in [-0.3, -0.25) is 4.79 Å². The van der Waals surface area contributed by atoms with Crippen LogP contribution in [0.4, 0.5) is 0 Å². The summed E-state index contributed by atoms with van der Waals surface area (Å²) in [5.74, 6) is 0.112. The molecule has 0 unspecified atom stereocenters. The van der Waals surface area contributed by atoms with E-state index in [0.717, 1.165) is 16.9 Å². The number of hydrogen-bond acceptors (Lipinski definition) is 5. The lowest BCUT2D eigenvalue weighted by Crippen LogP contribution is -2.29. The lowest BCUT2D eigenvalue weighted by molar-refractivity contribution is -0.142. The van der Waals surface area contributed by atoms with Crippen molar-refractivity contribution in [2.45, 2.75) is 31.1 Å². The number of allylic oxidation sites excluding steroid dienone is 2. The second-order valence-corrected chi connectivity index (χ2v) is 8.94. The Morgan fingerprint density at radius 3 is 2.47 bits per heavy atom. The highest BCUT2D eigenvalue weighted by Gasteiger charge is 2.44. The van der Waals surface area contributed by atoms with E-state index in [4.69, 9.17) is 9.47 Å². The Morgan fingerprint density at radius 2 is 1.80 bits per heavy atom. The summed E-state index contributed by atoms with van der Waals surface area (Å²) in [6.07, 6.45) is 1.73. The summed E-state index contributed by atoms with van der Waals surface area (Å²) in [7, 11) is -2.18. The number of esters is 1. The van der Waals surface area contributed by atoms with Crippen LogP contribution in [0.25, 0.3) is 5.70 Å². The van der Waals surface area contributed by atoms with Crippen LogP contribution in [-0.2, 0) is 19.6 Å². The number of methoxy groups -OCH3 is 1. The monoisotopic (exact) mass is 425 g/mol. The van der Waals surface area contributed by atoms with Gasteiger partial charge < -0.3 is 9.47 Å². The fraction of sp³-hybridized carbons (Fsp3) is 0.261. The number of fused-ring (bicyclic) bond motifs is 3. The van der Waals surface area contributed by atoms with Crippen LogP contribution in [0.1, 0.15) is 37.3 Å². The highest BCUT2D eigenvalue weighted by molar-refractivity contribution is 7.90. The molecule has 0 saturated carbocycles. The van der Waals surface area contributed by atoms with Crippen LogP contribution in [-0.4, -0.2) is 32.4 Å². The summed E-state index contributed by atoms with van der Waals surface area (Å²) in [4.78, 5) is 12.5. The van der Waals surface area contributed by atoms with E-state index in [1.54, 1.807) is 26.2 Å². The smallest absolute Gasteiger partial charge is 0.311 e. The summed E-state index contributed by atoms with van der Waals surface area (Å²) in [5.41, 5.74) is 3.58. The third-order valence-corrected chi connectivity index (χ3v) is 7.24. The van der Waals surface area contributed by atoms with Gasteiger partial charge in [0.1, 0.15) is 5.75 Å². The molecule has 156 valence electrons. The molecular weight excluding hydrogens is 402 g/mol. The van der Waals surface area contributed by atoms with Gasteiger partial charge >= 0.3 is 5.97 Å². The molecule has 0 N–H and O–H groups in total. The maximum absolute atomic E-state index is 13.3. The Labute approximate surface area is 176 Å². The van der Waals surface area contributed by atoms with Crippen molar-refractivity contribution < 1.29 is 22.7 Å². The Morgan fingerprint density at radius 1 is 1.10 bits per heavy atom. The van der Waals surface area contributed by atoms with Crippen molar-refractivity contribution in [3.63, 3.8) is 0 Å². The Bertz CT molecular complexity index is 1160. The standard InChI is InChI=1S/C23H23NO5S/c1-4-29-22(25)14-17-13-20(16-9-11-18(28-3)12-10-16)15(2)23-19-7-5-6-8-21(19)30(26,27)24(17)23/h5-13,20H,4,14H2,1-3H3/t20-/m1/s1. The number of rotatable bonds is 5. The van der Waals surface area contributed by atoms with Crippen LogP contribution >= 0.6 is 0 Å². The molecule has 0 amide bonds. The van der Waals surface area contributed by atoms with E-state index in [1.807, 2.05) is 49.4 Å². The molecule has 0 bridgehead atoms. The van der Waals surface area contributed by atoms with E-state index >= 15 is 0 Å². The summed E-state index contributed by atoms with van der Waals surface area (Å²) < 4.78 is 38.3. The van der Waals surface area contributed by atoms with Gasteiger partial charge in [0.2, 0.25) is 0 Å².